The minimum atomic E-state index is -3.74. The Labute approximate surface area is 166 Å². The van der Waals surface area contributed by atoms with E-state index in [0.717, 1.165) is 38.8 Å². The third-order valence-corrected chi connectivity index (χ3v) is 8.61. The Balaban J connectivity index is 1.59. The number of rotatable bonds is 3. The van der Waals surface area contributed by atoms with Gasteiger partial charge in [-0.05, 0) is 49.6 Å². The van der Waals surface area contributed by atoms with Crippen LogP contribution in [0.4, 0.5) is 4.39 Å². The molecule has 2 saturated heterocycles. The summed E-state index contributed by atoms with van der Waals surface area (Å²) < 4.78 is 41.0. The molecule has 3 fully saturated rings. The number of carbonyl (C=O) groups excluding carboxylic acids is 1. The van der Waals surface area contributed by atoms with Gasteiger partial charge in [0, 0.05) is 39.3 Å². The molecule has 1 amide bonds. The lowest BCUT2D eigenvalue weighted by atomic mass is 9.76. The Morgan fingerprint density at radius 2 is 1.68 bits per heavy atom. The van der Waals surface area contributed by atoms with Gasteiger partial charge in [-0.2, -0.15) is 4.31 Å². The first-order valence-corrected chi connectivity index (χ1v) is 11.5. The number of hydrogen-bond acceptors (Lipinski definition) is 4. The van der Waals surface area contributed by atoms with Crippen LogP contribution in [0.25, 0.3) is 0 Å². The number of halogens is 1. The summed E-state index contributed by atoms with van der Waals surface area (Å²) in [6.07, 6.45) is 3.87. The first kappa shape index (κ1) is 19.8. The van der Waals surface area contributed by atoms with Crippen LogP contribution < -0.4 is 0 Å². The van der Waals surface area contributed by atoms with Crippen LogP contribution in [0.3, 0.4) is 0 Å². The Bertz CT molecular complexity index is 829. The smallest absolute Gasteiger partial charge is 0.243 e. The zero-order valence-electron chi connectivity index (χ0n) is 16.3. The van der Waals surface area contributed by atoms with E-state index in [-0.39, 0.29) is 28.7 Å². The number of carbonyl (C=O) groups is 1. The van der Waals surface area contributed by atoms with E-state index in [4.69, 9.17) is 0 Å². The number of likely N-dealkylation sites (N-methyl/N-ethyl adjacent to an activating group) is 1. The van der Waals surface area contributed by atoms with E-state index in [1.165, 1.54) is 28.6 Å². The molecule has 0 N–H and O–H groups in total. The fraction of sp³-hybridized carbons (Fsp3) is 0.650. The van der Waals surface area contributed by atoms with Crippen LogP contribution in [0.5, 0.6) is 0 Å². The van der Waals surface area contributed by atoms with Crippen LogP contribution in [0.1, 0.15) is 25.7 Å². The van der Waals surface area contributed by atoms with Gasteiger partial charge in [-0.25, -0.2) is 12.8 Å². The van der Waals surface area contributed by atoms with Crippen molar-refractivity contribution in [2.75, 3.05) is 46.3 Å². The van der Waals surface area contributed by atoms with Crippen LogP contribution in [0, 0.1) is 17.2 Å². The maximum Gasteiger partial charge on any atom is 0.243 e. The maximum absolute atomic E-state index is 13.4. The topological polar surface area (TPSA) is 60.9 Å². The minimum absolute atomic E-state index is 0.0924. The number of sulfonamides is 1. The van der Waals surface area contributed by atoms with Crippen LogP contribution in [0.15, 0.2) is 29.2 Å². The van der Waals surface area contributed by atoms with E-state index in [1.807, 2.05) is 11.9 Å². The number of benzene rings is 1. The number of nitrogens with zero attached hydrogens (tertiary/aromatic N) is 3. The summed E-state index contributed by atoms with van der Waals surface area (Å²) >= 11 is 0. The maximum atomic E-state index is 13.4. The van der Waals surface area contributed by atoms with Gasteiger partial charge in [-0.3, -0.25) is 4.79 Å². The quantitative estimate of drug-likeness (QED) is 0.764. The molecule has 2 heterocycles. The molecule has 8 heteroatoms. The summed E-state index contributed by atoms with van der Waals surface area (Å²) in [5.41, 5.74) is -0.256. The molecule has 154 valence electrons. The van der Waals surface area contributed by atoms with Crippen molar-refractivity contribution in [3.05, 3.63) is 30.1 Å². The summed E-state index contributed by atoms with van der Waals surface area (Å²) in [6.45, 7) is 3.72. The molecule has 1 aromatic carbocycles. The largest absolute Gasteiger partial charge is 0.340 e. The second-order valence-electron chi connectivity index (χ2n) is 8.50. The molecule has 3 aliphatic rings. The fourth-order valence-electron chi connectivity index (χ4n) is 5.03. The fourth-order valence-corrected chi connectivity index (χ4v) is 6.59. The molecule has 6 nitrogen and oxygen atoms in total. The summed E-state index contributed by atoms with van der Waals surface area (Å²) in [4.78, 5) is 17.6. The van der Waals surface area contributed by atoms with Gasteiger partial charge in [0.05, 0.1) is 10.8 Å². The molecule has 1 saturated carbocycles. The van der Waals surface area contributed by atoms with Crippen molar-refractivity contribution in [3.8, 4) is 0 Å². The SMILES string of the molecule is CN1CCN(C(=O)C2CN(S(=O)(=O)c3ccc(F)cc3)CC23CCCC3)CC1. The highest BCUT2D eigenvalue weighted by molar-refractivity contribution is 7.89. The lowest BCUT2D eigenvalue weighted by Gasteiger charge is -2.37. The van der Waals surface area contributed by atoms with Crippen molar-refractivity contribution < 1.29 is 17.6 Å². The second-order valence-corrected chi connectivity index (χ2v) is 10.4. The van der Waals surface area contributed by atoms with Crippen molar-refractivity contribution in [1.29, 1.82) is 0 Å². The Morgan fingerprint density at radius 3 is 2.29 bits per heavy atom. The van der Waals surface area contributed by atoms with E-state index in [9.17, 15) is 17.6 Å². The molecule has 1 aromatic rings. The molecule has 2 aliphatic heterocycles. The second kappa shape index (κ2) is 7.39. The van der Waals surface area contributed by atoms with Gasteiger partial charge >= 0.3 is 0 Å². The molecule has 1 spiro atoms. The van der Waals surface area contributed by atoms with Gasteiger partial charge in [-0.15, -0.1) is 0 Å². The summed E-state index contributed by atoms with van der Waals surface area (Å²) in [5.74, 6) is -0.642. The number of hydrogen-bond donors (Lipinski definition) is 0. The minimum Gasteiger partial charge on any atom is -0.340 e. The summed E-state index contributed by atoms with van der Waals surface area (Å²) in [7, 11) is -1.69. The standard InChI is InChI=1S/C20H28FN3O3S/c1-22-10-12-23(13-11-22)19(25)18-14-24(15-20(18)8-2-3-9-20)28(26,27)17-6-4-16(21)5-7-17/h4-7,18H,2-3,8-15H2,1H3. The average Bonchev–Trinajstić information content (AvgIpc) is 3.30. The van der Waals surface area contributed by atoms with Crippen LogP contribution in [-0.4, -0.2) is 74.7 Å². The lowest BCUT2D eigenvalue weighted by molar-refractivity contribution is -0.139. The van der Waals surface area contributed by atoms with Crippen molar-refractivity contribution in [3.63, 3.8) is 0 Å². The highest BCUT2D eigenvalue weighted by atomic mass is 32.2. The Kier molecular flexibility index (Phi) is 5.22. The Hall–Kier alpha value is -1.51. The molecule has 0 bridgehead atoms. The van der Waals surface area contributed by atoms with Crippen LogP contribution >= 0.6 is 0 Å². The molecule has 0 radical (unpaired) electrons. The molecular formula is C20H28FN3O3S. The zero-order chi connectivity index (χ0) is 19.9. The van der Waals surface area contributed by atoms with E-state index in [1.54, 1.807) is 0 Å². The molecule has 4 rings (SSSR count). The Morgan fingerprint density at radius 1 is 1.07 bits per heavy atom. The van der Waals surface area contributed by atoms with Crippen molar-refractivity contribution >= 4 is 15.9 Å². The summed E-state index contributed by atoms with van der Waals surface area (Å²) in [6, 6.07) is 4.95. The molecular weight excluding hydrogens is 381 g/mol. The first-order chi connectivity index (χ1) is 13.3. The first-order valence-electron chi connectivity index (χ1n) is 10.0. The molecule has 1 atom stereocenters. The van der Waals surface area contributed by atoms with E-state index in [2.05, 4.69) is 4.90 Å². The highest BCUT2D eigenvalue weighted by Gasteiger charge is 2.54. The van der Waals surface area contributed by atoms with Crippen LogP contribution in [0.2, 0.25) is 0 Å². The third kappa shape index (κ3) is 3.46. The predicted molar refractivity (Wildman–Crippen MR) is 104 cm³/mol. The van der Waals surface area contributed by atoms with Gasteiger partial charge in [0.1, 0.15) is 5.82 Å². The summed E-state index contributed by atoms with van der Waals surface area (Å²) in [5, 5.41) is 0. The van der Waals surface area contributed by atoms with Gasteiger partial charge in [-0.1, -0.05) is 12.8 Å². The zero-order valence-corrected chi connectivity index (χ0v) is 17.1. The van der Waals surface area contributed by atoms with Crippen molar-refractivity contribution in [2.45, 2.75) is 30.6 Å². The van der Waals surface area contributed by atoms with Crippen LogP contribution in [-0.2, 0) is 14.8 Å². The third-order valence-electron chi connectivity index (χ3n) is 6.78. The van der Waals surface area contributed by atoms with Crippen molar-refractivity contribution in [1.82, 2.24) is 14.1 Å². The molecule has 0 aromatic heterocycles. The molecule has 28 heavy (non-hydrogen) atoms. The molecule has 1 unspecified atom stereocenters. The van der Waals surface area contributed by atoms with E-state index < -0.39 is 15.8 Å². The normalized spacial score (nSPS) is 26.2. The van der Waals surface area contributed by atoms with Gasteiger partial charge in [0.2, 0.25) is 15.9 Å². The lowest BCUT2D eigenvalue weighted by Crippen LogP contribution is -2.51. The number of piperazine rings is 1. The van der Waals surface area contributed by atoms with E-state index >= 15 is 0 Å². The average molecular weight is 410 g/mol. The van der Waals surface area contributed by atoms with Gasteiger partial charge in [0.15, 0.2) is 0 Å². The molecule has 1 aliphatic carbocycles. The highest BCUT2D eigenvalue weighted by Crippen LogP contribution is 2.50. The number of amides is 1. The van der Waals surface area contributed by atoms with Crippen molar-refractivity contribution in [2.24, 2.45) is 11.3 Å². The van der Waals surface area contributed by atoms with Gasteiger partial charge in [0.25, 0.3) is 0 Å². The predicted octanol–water partition coefficient (Wildman–Crippen LogP) is 1.78. The van der Waals surface area contributed by atoms with E-state index in [0.29, 0.717) is 19.6 Å². The monoisotopic (exact) mass is 409 g/mol. The van der Waals surface area contributed by atoms with Gasteiger partial charge < -0.3 is 9.80 Å².